The molecule has 0 aromatic carbocycles. The topological polar surface area (TPSA) is 32.8 Å². The number of nitrogens with zero attached hydrogens (tertiary/aromatic N) is 2. The summed E-state index contributed by atoms with van der Waals surface area (Å²) in [7, 11) is 0. The Labute approximate surface area is 148 Å². The van der Waals surface area contributed by atoms with Crippen molar-refractivity contribution in [2.45, 2.75) is 104 Å². The molecular formula is C20H38N2O2. The molecule has 24 heavy (non-hydrogen) atoms. The van der Waals surface area contributed by atoms with Gasteiger partial charge >= 0.3 is 6.09 Å². The van der Waals surface area contributed by atoms with Gasteiger partial charge in [0.05, 0.1) is 0 Å². The maximum absolute atomic E-state index is 12.7. The standard InChI is InChI=1S/C20H38N2O2/c1-7-8-17-14-18(21-11-9-15(2)10-12-21)13-16(3)22(17)19(23)24-20(4,5)6/h15-18H,7-14H2,1-6H3. The molecule has 2 aliphatic rings. The maximum Gasteiger partial charge on any atom is 0.410 e. The molecule has 4 nitrogen and oxygen atoms in total. The first-order valence-electron chi connectivity index (χ1n) is 9.96. The quantitative estimate of drug-likeness (QED) is 0.749. The highest BCUT2D eigenvalue weighted by molar-refractivity contribution is 5.69. The van der Waals surface area contributed by atoms with Crippen molar-refractivity contribution in [1.82, 2.24) is 9.80 Å². The third-order valence-electron chi connectivity index (χ3n) is 5.59. The number of hydrogen-bond acceptors (Lipinski definition) is 3. The molecule has 2 fully saturated rings. The van der Waals surface area contributed by atoms with Crippen LogP contribution in [0.25, 0.3) is 0 Å². The van der Waals surface area contributed by atoms with E-state index in [4.69, 9.17) is 4.74 Å². The van der Waals surface area contributed by atoms with Gasteiger partial charge in [0.1, 0.15) is 5.60 Å². The highest BCUT2D eigenvalue weighted by Gasteiger charge is 2.40. The summed E-state index contributed by atoms with van der Waals surface area (Å²) in [6, 6.07) is 1.20. The lowest BCUT2D eigenvalue weighted by Crippen LogP contribution is -2.57. The van der Waals surface area contributed by atoms with Crippen LogP contribution in [0.15, 0.2) is 0 Å². The van der Waals surface area contributed by atoms with E-state index in [1.165, 1.54) is 25.9 Å². The van der Waals surface area contributed by atoms with Gasteiger partial charge in [0.25, 0.3) is 0 Å². The average Bonchev–Trinajstić information content (AvgIpc) is 2.45. The number of hydrogen-bond donors (Lipinski definition) is 0. The van der Waals surface area contributed by atoms with Crippen LogP contribution in [0.1, 0.15) is 80.1 Å². The second-order valence-corrected chi connectivity index (χ2v) is 9.02. The van der Waals surface area contributed by atoms with Crippen LogP contribution in [0, 0.1) is 5.92 Å². The van der Waals surface area contributed by atoms with Gasteiger partial charge in [-0.1, -0.05) is 20.3 Å². The Bertz CT molecular complexity index is 410. The fourth-order valence-electron chi connectivity index (χ4n) is 4.32. The minimum atomic E-state index is -0.423. The molecule has 0 bridgehead atoms. The first kappa shape index (κ1) is 19.6. The zero-order valence-electron chi connectivity index (χ0n) is 16.7. The second kappa shape index (κ2) is 8.07. The molecule has 0 aromatic heterocycles. The number of rotatable bonds is 3. The van der Waals surface area contributed by atoms with Gasteiger partial charge in [-0.05, 0) is 78.8 Å². The normalized spacial score (nSPS) is 30.4. The van der Waals surface area contributed by atoms with E-state index in [9.17, 15) is 4.79 Å². The SMILES string of the molecule is CCCC1CC(N2CCC(C)CC2)CC(C)N1C(=O)OC(C)(C)C. The fraction of sp³-hybridized carbons (Fsp3) is 0.950. The average molecular weight is 339 g/mol. The number of amides is 1. The molecule has 0 aromatic rings. The van der Waals surface area contributed by atoms with Crippen molar-refractivity contribution in [2.75, 3.05) is 13.1 Å². The van der Waals surface area contributed by atoms with Gasteiger partial charge in [-0.3, -0.25) is 0 Å². The number of piperidine rings is 2. The van der Waals surface area contributed by atoms with E-state index in [-0.39, 0.29) is 12.1 Å². The predicted molar refractivity (Wildman–Crippen MR) is 99.2 cm³/mol. The lowest BCUT2D eigenvalue weighted by molar-refractivity contribution is -0.0227. The summed E-state index contributed by atoms with van der Waals surface area (Å²) in [4.78, 5) is 17.5. The summed E-state index contributed by atoms with van der Waals surface area (Å²) < 4.78 is 5.69. The Morgan fingerprint density at radius 2 is 1.75 bits per heavy atom. The van der Waals surface area contributed by atoms with E-state index in [0.717, 1.165) is 31.6 Å². The maximum atomic E-state index is 12.7. The summed E-state index contributed by atoms with van der Waals surface area (Å²) in [6.45, 7) is 15.1. The van der Waals surface area contributed by atoms with Crippen LogP contribution in [-0.4, -0.2) is 52.7 Å². The molecule has 3 atom stereocenters. The number of carbonyl (C=O) groups is 1. The van der Waals surface area contributed by atoms with Crippen LogP contribution in [0.4, 0.5) is 4.79 Å². The Balaban J connectivity index is 2.05. The molecule has 2 heterocycles. The van der Waals surface area contributed by atoms with Crippen molar-refractivity contribution in [3.63, 3.8) is 0 Å². The lowest BCUT2D eigenvalue weighted by atomic mass is 9.87. The van der Waals surface area contributed by atoms with Crippen molar-refractivity contribution >= 4 is 6.09 Å². The van der Waals surface area contributed by atoms with Gasteiger partial charge in [0.15, 0.2) is 0 Å². The summed E-state index contributed by atoms with van der Waals surface area (Å²) in [5.74, 6) is 0.868. The summed E-state index contributed by atoms with van der Waals surface area (Å²) in [6.07, 6.45) is 6.88. The van der Waals surface area contributed by atoms with E-state index >= 15 is 0 Å². The smallest absolute Gasteiger partial charge is 0.410 e. The second-order valence-electron chi connectivity index (χ2n) is 9.02. The largest absolute Gasteiger partial charge is 0.444 e. The molecule has 3 unspecified atom stereocenters. The van der Waals surface area contributed by atoms with Crippen molar-refractivity contribution < 1.29 is 9.53 Å². The highest BCUT2D eigenvalue weighted by atomic mass is 16.6. The van der Waals surface area contributed by atoms with Crippen molar-refractivity contribution in [3.05, 3.63) is 0 Å². The van der Waals surface area contributed by atoms with Crippen LogP contribution < -0.4 is 0 Å². The highest BCUT2D eigenvalue weighted by Crippen LogP contribution is 2.32. The molecule has 0 radical (unpaired) electrons. The molecule has 4 heteroatoms. The molecule has 0 spiro atoms. The van der Waals surface area contributed by atoms with Crippen LogP contribution in [0.2, 0.25) is 0 Å². The summed E-state index contributed by atoms with van der Waals surface area (Å²) in [5.41, 5.74) is -0.423. The summed E-state index contributed by atoms with van der Waals surface area (Å²) >= 11 is 0. The molecule has 2 aliphatic heterocycles. The molecule has 0 saturated carbocycles. The van der Waals surface area contributed by atoms with Gasteiger partial charge in [-0.15, -0.1) is 0 Å². The predicted octanol–water partition coefficient (Wildman–Crippen LogP) is 4.68. The lowest BCUT2D eigenvalue weighted by Gasteiger charge is -2.48. The third kappa shape index (κ3) is 5.11. The number of carbonyl (C=O) groups excluding carboxylic acids is 1. The summed E-state index contributed by atoms with van der Waals surface area (Å²) in [5, 5.41) is 0. The molecule has 2 rings (SSSR count). The molecule has 1 amide bonds. The van der Waals surface area contributed by atoms with Crippen LogP contribution in [0.5, 0.6) is 0 Å². The third-order valence-corrected chi connectivity index (χ3v) is 5.59. The fourth-order valence-corrected chi connectivity index (χ4v) is 4.32. The van der Waals surface area contributed by atoms with Gasteiger partial charge in [-0.2, -0.15) is 0 Å². The van der Waals surface area contributed by atoms with Crippen LogP contribution in [0.3, 0.4) is 0 Å². The van der Waals surface area contributed by atoms with E-state index in [0.29, 0.717) is 12.1 Å². The Kier molecular flexibility index (Phi) is 6.58. The Morgan fingerprint density at radius 3 is 2.29 bits per heavy atom. The van der Waals surface area contributed by atoms with Crippen molar-refractivity contribution in [3.8, 4) is 0 Å². The Morgan fingerprint density at radius 1 is 1.12 bits per heavy atom. The van der Waals surface area contributed by atoms with E-state index in [1.54, 1.807) is 0 Å². The van der Waals surface area contributed by atoms with E-state index in [2.05, 4.69) is 25.7 Å². The van der Waals surface area contributed by atoms with Gasteiger partial charge in [0, 0.05) is 18.1 Å². The molecule has 2 saturated heterocycles. The number of ether oxygens (including phenoxy) is 1. The molecule has 0 aliphatic carbocycles. The monoisotopic (exact) mass is 338 g/mol. The molecular weight excluding hydrogens is 300 g/mol. The Hall–Kier alpha value is -0.770. The molecule has 0 N–H and O–H groups in total. The minimum Gasteiger partial charge on any atom is -0.444 e. The first-order chi connectivity index (χ1) is 11.2. The van der Waals surface area contributed by atoms with E-state index in [1.807, 2.05) is 25.7 Å². The van der Waals surface area contributed by atoms with Crippen molar-refractivity contribution in [2.24, 2.45) is 5.92 Å². The van der Waals surface area contributed by atoms with Gasteiger partial charge in [-0.25, -0.2) is 4.79 Å². The van der Waals surface area contributed by atoms with Crippen LogP contribution in [-0.2, 0) is 4.74 Å². The first-order valence-corrected chi connectivity index (χ1v) is 9.96. The zero-order valence-corrected chi connectivity index (χ0v) is 16.7. The van der Waals surface area contributed by atoms with Gasteiger partial charge < -0.3 is 14.5 Å². The molecule has 140 valence electrons. The van der Waals surface area contributed by atoms with Gasteiger partial charge in [0.2, 0.25) is 0 Å². The van der Waals surface area contributed by atoms with E-state index < -0.39 is 5.60 Å². The van der Waals surface area contributed by atoms with Crippen molar-refractivity contribution in [1.29, 1.82) is 0 Å². The minimum absolute atomic E-state index is 0.126. The number of likely N-dealkylation sites (tertiary alicyclic amines) is 2. The zero-order chi connectivity index (χ0) is 17.9. The van der Waals surface area contributed by atoms with Crippen LogP contribution >= 0.6 is 0 Å².